The van der Waals surface area contributed by atoms with E-state index in [1.54, 1.807) is 0 Å². The highest BCUT2D eigenvalue weighted by atomic mass is 16.2. The van der Waals surface area contributed by atoms with Gasteiger partial charge in [-0.1, -0.05) is 374 Å². The SMILES string of the molecule is CCCCCCCCCCCCCCCCCC(=O)N[C@H]1CCCC[C@H]1NC(=O)CCCCCCC1CC(CCCCCCCC)CC(CCCCCCCC)CC(CCCCCCC(=O)N[C@H]2CCCC[C@H]2NC(=O)CCCCCCCCCCCCCCCCC)C1. The average molecular weight is 1320 g/mol. The predicted molar refractivity (Wildman–Crippen MR) is 408 cm³/mol. The molecule has 0 radical (unpaired) electrons. The van der Waals surface area contributed by atoms with Gasteiger partial charge < -0.3 is 21.3 Å². The molecule has 3 fully saturated rings. The van der Waals surface area contributed by atoms with E-state index in [0.29, 0.717) is 25.7 Å². The fourth-order valence-electron chi connectivity index (χ4n) is 17.2. The molecular formula is C86H164N4O4. The van der Waals surface area contributed by atoms with Crippen LogP contribution in [-0.2, 0) is 19.2 Å². The van der Waals surface area contributed by atoms with E-state index in [2.05, 4.69) is 49.0 Å². The molecule has 4 N–H and O–H groups in total. The molecule has 8 heteroatoms. The molecule has 3 aliphatic carbocycles. The van der Waals surface area contributed by atoms with Crippen LogP contribution in [0.15, 0.2) is 0 Å². The highest BCUT2D eigenvalue weighted by molar-refractivity contribution is 5.78. The Morgan fingerprint density at radius 2 is 0.362 bits per heavy atom. The van der Waals surface area contributed by atoms with Crippen molar-refractivity contribution >= 4 is 23.6 Å². The van der Waals surface area contributed by atoms with Crippen LogP contribution in [0.4, 0.5) is 0 Å². The highest BCUT2D eigenvalue weighted by Crippen LogP contribution is 2.41. The van der Waals surface area contributed by atoms with E-state index >= 15 is 0 Å². The van der Waals surface area contributed by atoms with Crippen LogP contribution >= 0.6 is 0 Å². The minimum Gasteiger partial charge on any atom is -0.351 e. The van der Waals surface area contributed by atoms with Crippen molar-refractivity contribution in [1.82, 2.24) is 21.3 Å². The second-order valence-corrected chi connectivity index (χ2v) is 32.1. The molecular weight excluding hydrogens is 1150 g/mol. The molecule has 0 aliphatic heterocycles. The van der Waals surface area contributed by atoms with Crippen LogP contribution in [0.1, 0.15) is 477 Å². The smallest absolute Gasteiger partial charge is 0.220 e. The second-order valence-electron chi connectivity index (χ2n) is 32.1. The van der Waals surface area contributed by atoms with E-state index in [4.69, 9.17) is 0 Å². The molecule has 0 aromatic heterocycles. The van der Waals surface area contributed by atoms with E-state index in [1.807, 2.05) is 0 Å². The fraction of sp³-hybridized carbons (Fsp3) is 0.953. The lowest BCUT2D eigenvalue weighted by Crippen LogP contribution is -2.53. The van der Waals surface area contributed by atoms with Gasteiger partial charge >= 0.3 is 0 Å². The van der Waals surface area contributed by atoms with Crippen LogP contribution in [0.5, 0.6) is 0 Å². The Morgan fingerprint density at radius 1 is 0.213 bits per heavy atom. The van der Waals surface area contributed by atoms with Gasteiger partial charge in [-0.2, -0.15) is 0 Å². The molecule has 0 bridgehead atoms. The Bertz CT molecular complexity index is 1600. The molecule has 3 aliphatic rings. The van der Waals surface area contributed by atoms with E-state index in [1.165, 1.54) is 321 Å². The zero-order valence-corrected chi connectivity index (χ0v) is 63.7. The Balaban J connectivity index is 1.39. The molecule has 4 unspecified atom stereocenters. The topological polar surface area (TPSA) is 116 Å². The van der Waals surface area contributed by atoms with Gasteiger partial charge in [0, 0.05) is 49.9 Å². The van der Waals surface area contributed by atoms with Crippen molar-refractivity contribution in [2.75, 3.05) is 0 Å². The molecule has 552 valence electrons. The van der Waals surface area contributed by atoms with E-state index in [0.717, 1.165) is 126 Å². The number of hydrogen-bond donors (Lipinski definition) is 4. The molecule has 4 amide bonds. The van der Waals surface area contributed by atoms with Crippen molar-refractivity contribution in [1.29, 1.82) is 0 Å². The summed E-state index contributed by atoms with van der Waals surface area (Å²) in [6, 6.07) is 0.285. The summed E-state index contributed by atoms with van der Waals surface area (Å²) < 4.78 is 0. The van der Waals surface area contributed by atoms with E-state index < -0.39 is 0 Å². The van der Waals surface area contributed by atoms with Gasteiger partial charge in [-0.05, 0) is 101 Å². The number of amides is 4. The lowest BCUT2D eigenvalue weighted by molar-refractivity contribution is -0.125. The summed E-state index contributed by atoms with van der Waals surface area (Å²) in [6.07, 6.45) is 88.0. The lowest BCUT2D eigenvalue weighted by Gasteiger charge is -2.35. The third-order valence-corrected chi connectivity index (χ3v) is 23.1. The van der Waals surface area contributed by atoms with Gasteiger partial charge in [0.15, 0.2) is 0 Å². The van der Waals surface area contributed by atoms with Crippen molar-refractivity contribution in [3.8, 4) is 0 Å². The summed E-state index contributed by atoms with van der Waals surface area (Å²) in [6.45, 7) is 9.25. The van der Waals surface area contributed by atoms with Crippen LogP contribution < -0.4 is 21.3 Å². The highest BCUT2D eigenvalue weighted by Gasteiger charge is 2.31. The van der Waals surface area contributed by atoms with Crippen LogP contribution in [0.25, 0.3) is 0 Å². The van der Waals surface area contributed by atoms with E-state index in [-0.39, 0.29) is 47.8 Å². The van der Waals surface area contributed by atoms with Crippen molar-refractivity contribution in [3.05, 3.63) is 0 Å². The second kappa shape index (κ2) is 63.1. The van der Waals surface area contributed by atoms with Crippen molar-refractivity contribution in [3.63, 3.8) is 0 Å². The number of carbonyl (C=O) groups is 4. The number of rotatable bonds is 64. The summed E-state index contributed by atoms with van der Waals surface area (Å²) in [5.74, 6) is 4.12. The minimum absolute atomic E-state index is 0.0694. The predicted octanol–water partition coefficient (Wildman–Crippen LogP) is 25.8. The zero-order chi connectivity index (χ0) is 67.3. The molecule has 0 aromatic carbocycles. The summed E-state index contributed by atoms with van der Waals surface area (Å²) in [5, 5.41) is 13.6. The first kappa shape index (κ1) is 86.1. The molecule has 0 aromatic rings. The maximum absolute atomic E-state index is 13.4. The fourth-order valence-corrected chi connectivity index (χ4v) is 17.2. The summed E-state index contributed by atoms with van der Waals surface area (Å²) in [5.41, 5.74) is 0. The van der Waals surface area contributed by atoms with Gasteiger partial charge in [0.05, 0.1) is 0 Å². The quantitative estimate of drug-likeness (QED) is 0.0454. The number of carbonyl (C=O) groups excluding carboxylic acids is 4. The van der Waals surface area contributed by atoms with Crippen LogP contribution in [0, 0.1) is 23.7 Å². The molecule has 8 nitrogen and oxygen atoms in total. The van der Waals surface area contributed by atoms with Gasteiger partial charge in [0.2, 0.25) is 23.6 Å². The first-order chi connectivity index (χ1) is 46.2. The normalized spacial score (nSPS) is 21.0. The molecule has 8 atom stereocenters. The molecule has 94 heavy (non-hydrogen) atoms. The third-order valence-electron chi connectivity index (χ3n) is 23.1. The molecule has 0 heterocycles. The van der Waals surface area contributed by atoms with E-state index in [9.17, 15) is 19.2 Å². The van der Waals surface area contributed by atoms with Crippen molar-refractivity contribution < 1.29 is 19.2 Å². The lowest BCUT2D eigenvalue weighted by atomic mass is 9.70. The largest absolute Gasteiger partial charge is 0.351 e. The van der Waals surface area contributed by atoms with Crippen molar-refractivity contribution in [2.24, 2.45) is 23.7 Å². The van der Waals surface area contributed by atoms with Gasteiger partial charge in [-0.25, -0.2) is 0 Å². The van der Waals surface area contributed by atoms with Gasteiger partial charge in [-0.3, -0.25) is 19.2 Å². The van der Waals surface area contributed by atoms with Gasteiger partial charge in [-0.15, -0.1) is 0 Å². The number of hydrogen-bond acceptors (Lipinski definition) is 4. The Hall–Kier alpha value is -2.12. The third kappa shape index (κ3) is 49.4. The summed E-state index contributed by atoms with van der Waals surface area (Å²) >= 11 is 0. The maximum Gasteiger partial charge on any atom is 0.220 e. The Kier molecular flexibility index (Phi) is 57.8. The van der Waals surface area contributed by atoms with Gasteiger partial charge in [0.1, 0.15) is 0 Å². The number of nitrogens with one attached hydrogen (secondary N) is 4. The number of unbranched alkanes of at least 4 members (excludes halogenated alkanes) is 44. The standard InChI is InChI=1S/C86H164N4O4/c1-5-9-13-17-21-23-25-27-29-31-33-35-37-41-51-67-83(91)87-79-63-55-57-65-81(79)89-85(93)69-53-45-43-49-61-77-72-75(59-47-39-19-15-11-7-3)71-76(60-48-40-20-16-12-8-4)73-78(74-77)62-50-44-46-54-70-86(94)90-82-66-58-56-64-80(82)88-84(92)68-52-42-38-36-34-32-30-28-26-24-22-18-14-10-6-2/h75-82H,5-74H2,1-4H3,(H,87,91)(H,88,92)(H,89,93)(H,90,94)/t75?,76?,77?,78?,79-,80+,81+,82-. The van der Waals surface area contributed by atoms with Crippen LogP contribution in [0.3, 0.4) is 0 Å². The summed E-state index contributed by atoms with van der Waals surface area (Å²) in [7, 11) is 0. The molecule has 0 saturated heterocycles. The molecule has 3 saturated carbocycles. The van der Waals surface area contributed by atoms with Gasteiger partial charge in [0.25, 0.3) is 0 Å². The first-order valence-electron chi connectivity index (χ1n) is 43.4. The van der Waals surface area contributed by atoms with Crippen molar-refractivity contribution in [2.45, 2.75) is 501 Å². The average Bonchev–Trinajstić information content (AvgIpc) is 2.35. The maximum atomic E-state index is 13.4. The summed E-state index contributed by atoms with van der Waals surface area (Å²) in [4.78, 5) is 53.1. The Morgan fingerprint density at radius 3 is 0.532 bits per heavy atom. The molecule has 0 spiro atoms. The van der Waals surface area contributed by atoms with Crippen LogP contribution in [-0.4, -0.2) is 47.8 Å². The molecule has 3 rings (SSSR count). The zero-order valence-electron chi connectivity index (χ0n) is 63.7. The van der Waals surface area contributed by atoms with Crippen LogP contribution in [0.2, 0.25) is 0 Å². The monoisotopic (exact) mass is 1320 g/mol. The Labute approximate surface area is 586 Å². The minimum atomic E-state index is 0.0694. The first-order valence-corrected chi connectivity index (χ1v) is 43.4.